The third kappa shape index (κ3) is 18.3. The summed E-state index contributed by atoms with van der Waals surface area (Å²) in [5.74, 6) is -6.91. The zero-order valence-corrected chi connectivity index (χ0v) is 46.3. The van der Waals surface area contributed by atoms with Crippen LogP contribution in [0.15, 0.2) is 70.6 Å². The molecular weight excluding hydrogens is 1060 g/mol. The molecule has 4 saturated heterocycles. The second kappa shape index (κ2) is 31.0. The number of hydrogen-bond donors (Lipinski definition) is 11. The predicted molar refractivity (Wildman–Crippen MR) is 301 cm³/mol. The monoisotopic (exact) mass is 1140 g/mol. The van der Waals surface area contributed by atoms with Gasteiger partial charge in [0.1, 0.15) is 36.3 Å². The summed E-state index contributed by atoms with van der Waals surface area (Å²) in [6.45, 7) is 0.0399. The van der Waals surface area contributed by atoms with Crippen molar-refractivity contribution in [3.63, 3.8) is 0 Å². The molecule has 27 nitrogen and oxygen atoms in total. The van der Waals surface area contributed by atoms with E-state index in [1.807, 2.05) is 18.2 Å². The van der Waals surface area contributed by atoms with Crippen molar-refractivity contribution in [2.24, 2.45) is 38.7 Å². The van der Waals surface area contributed by atoms with E-state index in [2.05, 4.69) is 36.6 Å². The van der Waals surface area contributed by atoms with Crippen LogP contribution in [-0.4, -0.2) is 196 Å². The molecule has 6 rings (SSSR count). The van der Waals surface area contributed by atoms with Gasteiger partial charge in [-0.05, 0) is 88.2 Å². The Kier molecular flexibility index (Phi) is 23.8. The molecule has 8 atom stereocenters. The summed E-state index contributed by atoms with van der Waals surface area (Å²) in [4.78, 5) is 153. The smallest absolute Gasteiger partial charge is 0.326 e. The van der Waals surface area contributed by atoms with E-state index in [9.17, 15) is 53.1 Å². The number of carbonyl (C=O) groups excluding carboxylic acids is 9. The molecule has 0 aromatic heterocycles. The number of benzene rings is 2. The van der Waals surface area contributed by atoms with Crippen LogP contribution in [0.5, 0.6) is 0 Å². The lowest BCUT2D eigenvalue weighted by atomic mass is 10.0. The maximum Gasteiger partial charge on any atom is 0.326 e. The van der Waals surface area contributed by atoms with E-state index < -0.39 is 108 Å². The van der Waals surface area contributed by atoms with E-state index in [1.165, 1.54) is 19.6 Å². The number of fused-ring (bicyclic) bond motifs is 1. The van der Waals surface area contributed by atoms with Gasteiger partial charge in [0.2, 0.25) is 53.2 Å². The number of aliphatic carboxylic acids is 1. The Hall–Kier alpha value is -8.36. The number of carboxylic acids is 1. The van der Waals surface area contributed by atoms with E-state index in [1.54, 1.807) is 42.5 Å². The lowest BCUT2D eigenvalue weighted by Crippen LogP contribution is -2.59. The number of rotatable bonds is 22. The first-order chi connectivity index (χ1) is 39.3. The van der Waals surface area contributed by atoms with Crippen molar-refractivity contribution in [2.75, 3.05) is 52.4 Å². The third-order valence-corrected chi connectivity index (χ3v) is 15.1. The zero-order chi connectivity index (χ0) is 59.3. The minimum absolute atomic E-state index is 0.0296. The number of nitrogens with zero attached hydrogens (tertiary/aromatic N) is 6. The molecule has 4 aliphatic heterocycles. The van der Waals surface area contributed by atoms with E-state index >= 15 is 0 Å². The SMILES string of the molecule is NC(N)=NCCC[C@H](C(=O)O)N1C[C@H](Cc2ccccc2)NC(=O)[C@@H]2CCCN2C(=O)[C@@H](NC(=O)[C@H](Cc2ccccc2)NC(=O)CNC(=O)[C@@H]2CCCN2C(=O)[C@@H]2CCCN2C(=O)[C@@H](N)CCCN=C(N)N)CCC(=O)NCCC1=O. The van der Waals surface area contributed by atoms with Gasteiger partial charge in [0.05, 0.1) is 18.6 Å². The van der Waals surface area contributed by atoms with Crippen LogP contribution in [0.2, 0.25) is 0 Å². The number of aliphatic imine (C=N–C) groups is 2. The zero-order valence-electron chi connectivity index (χ0n) is 46.3. The van der Waals surface area contributed by atoms with Crippen molar-refractivity contribution in [2.45, 2.75) is 145 Å². The van der Waals surface area contributed by atoms with Gasteiger partial charge in [-0.2, -0.15) is 0 Å². The van der Waals surface area contributed by atoms with Gasteiger partial charge in [0.15, 0.2) is 11.9 Å². The molecule has 2 aromatic carbocycles. The molecular formula is C55H80N16O11. The highest BCUT2D eigenvalue weighted by molar-refractivity contribution is 5.97. The fourth-order valence-electron chi connectivity index (χ4n) is 11.0. The Morgan fingerprint density at radius 2 is 1.37 bits per heavy atom. The van der Waals surface area contributed by atoms with Crippen LogP contribution in [0.3, 0.4) is 0 Å². The molecule has 27 heteroatoms. The minimum Gasteiger partial charge on any atom is -0.480 e. The van der Waals surface area contributed by atoms with Crippen molar-refractivity contribution in [3.8, 4) is 0 Å². The second-order valence-corrected chi connectivity index (χ2v) is 21.1. The number of likely N-dealkylation sites (tertiary alicyclic amines) is 2. The highest BCUT2D eigenvalue weighted by atomic mass is 16.4. The molecule has 0 unspecified atom stereocenters. The summed E-state index contributed by atoms with van der Waals surface area (Å²) in [6, 6.07) is 9.18. The Morgan fingerprint density at radius 3 is 2.02 bits per heavy atom. The molecule has 4 fully saturated rings. The topological polar surface area (TPSA) is 419 Å². The summed E-state index contributed by atoms with van der Waals surface area (Å²) >= 11 is 0. The first-order valence-corrected chi connectivity index (χ1v) is 28.1. The highest BCUT2D eigenvalue weighted by Gasteiger charge is 2.44. The van der Waals surface area contributed by atoms with Gasteiger partial charge in [-0.25, -0.2) is 4.79 Å². The van der Waals surface area contributed by atoms with Crippen molar-refractivity contribution in [1.29, 1.82) is 0 Å². The van der Waals surface area contributed by atoms with Crippen molar-refractivity contribution >= 4 is 71.1 Å². The van der Waals surface area contributed by atoms with Gasteiger partial charge in [0.25, 0.3) is 0 Å². The maximum absolute atomic E-state index is 14.8. The molecule has 0 radical (unpaired) electrons. The highest BCUT2D eigenvalue weighted by Crippen LogP contribution is 2.27. The Balaban J connectivity index is 1.16. The van der Waals surface area contributed by atoms with Gasteiger partial charge in [-0.15, -0.1) is 0 Å². The number of hydrogen-bond acceptors (Lipinski definition) is 13. The summed E-state index contributed by atoms with van der Waals surface area (Å²) < 4.78 is 0. The molecule has 446 valence electrons. The van der Waals surface area contributed by atoms with Crippen LogP contribution < -0.4 is 55.3 Å². The molecule has 2 aromatic rings. The Labute approximate surface area is 476 Å². The van der Waals surface area contributed by atoms with Crippen molar-refractivity contribution < 1.29 is 53.1 Å². The molecule has 9 amide bonds. The molecule has 16 N–H and O–H groups in total. The predicted octanol–water partition coefficient (Wildman–Crippen LogP) is -2.97. The fourth-order valence-corrected chi connectivity index (χ4v) is 11.0. The van der Waals surface area contributed by atoms with Crippen LogP contribution in [0, 0.1) is 0 Å². The quantitative estimate of drug-likeness (QED) is 0.0319. The minimum atomic E-state index is -1.38. The van der Waals surface area contributed by atoms with Gasteiger partial charge in [-0.3, -0.25) is 53.1 Å². The van der Waals surface area contributed by atoms with Crippen LogP contribution in [-0.2, 0) is 60.8 Å². The summed E-state index contributed by atoms with van der Waals surface area (Å²) in [6.07, 6.45) is 2.52. The molecule has 82 heavy (non-hydrogen) atoms. The van der Waals surface area contributed by atoms with Gasteiger partial charge < -0.3 is 80.0 Å². The number of carboxylic acid groups (broad SMARTS) is 1. The average Bonchev–Trinajstić information content (AvgIpc) is 4.32. The van der Waals surface area contributed by atoms with Crippen LogP contribution in [0.25, 0.3) is 0 Å². The van der Waals surface area contributed by atoms with E-state index in [0.717, 1.165) is 5.56 Å². The third-order valence-electron chi connectivity index (χ3n) is 15.1. The summed E-state index contributed by atoms with van der Waals surface area (Å²) in [7, 11) is 0. The molecule has 0 saturated carbocycles. The number of amides is 9. The average molecular weight is 1140 g/mol. The number of guanidine groups is 2. The maximum atomic E-state index is 14.8. The Bertz CT molecular complexity index is 2640. The lowest BCUT2D eigenvalue weighted by molar-refractivity contribution is -0.151. The summed E-state index contributed by atoms with van der Waals surface area (Å²) in [5.41, 5.74) is 29.4. The van der Waals surface area contributed by atoms with Crippen molar-refractivity contribution in [3.05, 3.63) is 71.8 Å². The standard InChI is InChI=1S/C55H80N16O11/c56-37(16-7-24-62-54(57)58)50(78)70-29-11-20-42(70)52(80)69-28-9-18-40(69)48(76)64-32-45(73)66-39(31-35-14-5-2-6-15-35)47(75)67-38-21-22-44(72)61-26-23-46(74)71(43(53(81)82)17-8-25-63-55(59)60)33-36(30-34-12-3-1-4-13-34)65-49(77)41-19-10-27-68(41)51(38)79/h1-6,12-15,36-43H,7-11,16-33,56H2,(H,61,72)(H,64,76)(H,65,77)(H,66,73)(H,67,75)(H,81,82)(H4,57,58,62)(H4,59,60,63)/t36-,37-,38-,39-,40-,41-,42-,43+/m0/s1. The number of carbonyl (C=O) groups is 10. The normalized spacial score (nSPS) is 21.9. The largest absolute Gasteiger partial charge is 0.480 e. The molecule has 0 spiro atoms. The van der Waals surface area contributed by atoms with Gasteiger partial charge >= 0.3 is 5.97 Å². The van der Waals surface area contributed by atoms with E-state index in [-0.39, 0.29) is 102 Å². The van der Waals surface area contributed by atoms with Crippen LogP contribution in [0.1, 0.15) is 94.6 Å². The van der Waals surface area contributed by atoms with Crippen LogP contribution >= 0.6 is 0 Å². The van der Waals surface area contributed by atoms with E-state index in [0.29, 0.717) is 63.6 Å². The molecule has 0 aliphatic carbocycles. The first kappa shape index (κ1) is 62.8. The number of nitrogens with one attached hydrogen (secondary N) is 5. The Morgan fingerprint density at radius 1 is 0.744 bits per heavy atom. The lowest BCUT2D eigenvalue weighted by Gasteiger charge is -2.35. The fraction of sp³-hybridized carbons (Fsp3) is 0.564. The summed E-state index contributed by atoms with van der Waals surface area (Å²) in [5, 5.41) is 24.2. The van der Waals surface area contributed by atoms with E-state index in [4.69, 9.17) is 28.7 Å². The van der Waals surface area contributed by atoms with Crippen LogP contribution in [0.4, 0.5) is 0 Å². The number of nitrogens with two attached hydrogens (primary N) is 5. The first-order valence-electron chi connectivity index (χ1n) is 28.1. The van der Waals surface area contributed by atoms with Gasteiger partial charge in [0, 0.05) is 65.1 Å². The molecule has 4 heterocycles. The molecule has 0 bridgehead atoms. The molecule has 4 aliphatic rings. The van der Waals surface area contributed by atoms with Gasteiger partial charge in [-0.1, -0.05) is 60.7 Å². The van der Waals surface area contributed by atoms with Crippen molar-refractivity contribution in [1.82, 2.24) is 46.2 Å². The second-order valence-electron chi connectivity index (χ2n) is 21.1.